The van der Waals surface area contributed by atoms with Crippen LogP contribution in [0.15, 0.2) is 65.3 Å². The monoisotopic (exact) mass is 279 g/mol. The Morgan fingerprint density at radius 1 is 1.14 bits per heavy atom. The summed E-state index contributed by atoms with van der Waals surface area (Å²) in [5.41, 5.74) is 2.56. The molecule has 1 amide bonds. The lowest BCUT2D eigenvalue weighted by Gasteiger charge is -2.25. The predicted octanol–water partition coefficient (Wildman–Crippen LogP) is 3.61. The zero-order valence-corrected chi connectivity index (χ0v) is 11.7. The van der Waals surface area contributed by atoms with Crippen molar-refractivity contribution in [3.8, 4) is 0 Å². The molecule has 106 valence electrons. The quantitative estimate of drug-likeness (QED) is 0.804. The Hall–Kier alpha value is -2.55. The van der Waals surface area contributed by atoms with Gasteiger partial charge in [-0.3, -0.25) is 4.79 Å². The molecule has 3 rings (SSSR count). The van der Waals surface area contributed by atoms with Crippen molar-refractivity contribution in [2.24, 2.45) is 0 Å². The number of hydrogen-bond donors (Lipinski definition) is 0. The van der Waals surface area contributed by atoms with Crippen LogP contribution in [-0.2, 0) is 4.79 Å². The van der Waals surface area contributed by atoms with E-state index in [1.165, 1.54) is 11.1 Å². The van der Waals surface area contributed by atoms with Crippen molar-refractivity contribution in [2.75, 3.05) is 13.1 Å². The van der Waals surface area contributed by atoms with Crippen molar-refractivity contribution in [1.29, 1.82) is 0 Å². The molecule has 3 nitrogen and oxygen atoms in total. The van der Waals surface area contributed by atoms with E-state index in [2.05, 4.69) is 18.2 Å². The van der Waals surface area contributed by atoms with Crippen LogP contribution in [0.4, 0.5) is 0 Å². The van der Waals surface area contributed by atoms with Gasteiger partial charge in [-0.05, 0) is 35.8 Å². The summed E-state index contributed by atoms with van der Waals surface area (Å²) in [6, 6.07) is 14.0. The number of hydrogen-bond acceptors (Lipinski definition) is 2. The van der Waals surface area contributed by atoms with Gasteiger partial charge in [0.25, 0.3) is 0 Å². The first kappa shape index (κ1) is 13.4. The molecule has 0 bridgehead atoms. The topological polar surface area (TPSA) is 33.5 Å². The fourth-order valence-corrected chi connectivity index (χ4v) is 2.43. The minimum atomic E-state index is 0.0229. The zero-order chi connectivity index (χ0) is 14.5. The van der Waals surface area contributed by atoms with Gasteiger partial charge >= 0.3 is 0 Å². The van der Waals surface area contributed by atoms with Gasteiger partial charge in [-0.25, -0.2) is 0 Å². The first-order valence-corrected chi connectivity index (χ1v) is 7.08. The van der Waals surface area contributed by atoms with Crippen LogP contribution in [-0.4, -0.2) is 23.9 Å². The minimum Gasteiger partial charge on any atom is -0.465 e. The number of carbonyl (C=O) groups excluding carboxylic acids is 1. The van der Waals surface area contributed by atoms with Crippen LogP contribution in [0.5, 0.6) is 0 Å². The third kappa shape index (κ3) is 3.31. The summed E-state index contributed by atoms with van der Waals surface area (Å²) in [6.07, 6.45) is 7.90. The maximum Gasteiger partial charge on any atom is 0.246 e. The largest absolute Gasteiger partial charge is 0.465 e. The van der Waals surface area contributed by atoms with Crippen LogP contribution in [0.1, 0.15) is 17.7 Å². The van der Waals surface area contributed by atoms with Gasteiger partial charge in [-0.15, -0.1) is 0 Å². The Bertz CT molecular complexity index is 654. The van der Waals surface area contributed by atoms with Crippen molar-refractivity contribution < 1.29 is 9.21 Å². The molecule has 0 saturated heterocycles. The van der Waals surface area contributed by atoms with Crippen LogP contribution in [0.2, 0.25) is 0 Å². The van der Waals surface area contributed by atoms with Crippen LogP contribution in [0.3, 0.4) is 0 Å². The second-order valence-corrected chi connectivity index (χ2v) is 4.98. The number of furan rings is 1. The SMILES string of the molecule is O=C(/C=C/c1ccco1)N1CC=C(c2ccccc2)CC1. The summed E-state index contributed by atoms with van der Waals surface area (Å²) in [6.45, 7) is 1.41. The lowest BCUT2D eigenvalue weighted by atomic mass is 9.99. The number of rotatable bonds is 3. The molecule has 0 aliphatic carbocycles. The summed E-state index contributed by atoms with van der Waals surface area (Å²) in [4.78, 5) is 13.9. The molecule has 0 fully saturated rings. The van der Waals surface area contributed by atoms with E-state index in [1.807, 2.05) is 29.2 Å². The van der Waals surface area contributed by atoms with E-state index in [4.69, 9.17) is 4.42 Å². The van der Waals surface area contributed by atoms with E-state index in [0.29, 0.717) is 12.3 Å². The average molecular weight is 279 g/mol. The van der Waals surface area contributed by atoms with Gasteiger partial charge in [0.1, 0.15) is 5.76 Å². The molecule has 0 N–H and O–H groups in total. The Labute approximate surface area is 124 Å². The van der Waals surface area contributed by atoms with E-state index in [9.17, 15) is 4.79 Å². The minimum absolute atomic E-state index is 0.0229. The summed E-state index contributed by atoms with van der Waals surface area (Å²) in [5, 5.41) is 0. The lowest BCUT2D eigenvalue weighted by molar-refractivity contribution is -0.125. The van der Waals surface area contributed by atoms with Crippen molar-refractivity contribution in [3.05, 3.63) is 72.2 Å². The van der Waals surface area contributed by atoms with E-state index < -0.39 is 0 Å². The first-order valence-electron chi connectivity index (χ1n) is 7.08. The smallest absolute Gasteiger partial charge is 0.246 e. The molecule has 3 heteroatoms. The van der Waals surface area contributed by atoms with E-state index in [0.717, 1.165) is 13.0 Å². The van der Waals surface area contributed by atoms with Gasteiger partial charge in [0.2, 0.25) is 5.91 Å². The molecule has 0 unspecified atom stereocenters. The molecule has 1 aromatic carbocycles. The molecule has 2 aromatic rings. The fourth-order valence-electron chi connectivity index (χ4n) is 2.43. The molecule has 0 radical (unpaired) electrons. The van der Waals surface area contributed by atoms with Gasteiger partial charge in [0.05, 0.1) is 6.26 Å². The molecule has 0 saturated carbocycles. The highest BCUT2D eigenvalue weighted by atomic mass is 16.3. The third-order valence-electron chi connectivity index (χ3n) is 3.60. The Morgan fingerprint density at radius 2 is 2.00 bits per heavy atom. The second kappa shape index (κ2) is 6.27. The van der Waals surface area contributed by atoms with Gasteiger partial charge in [0, 0.05) is 19.2 Å². The third-order valence-corrected chi connectivity index (χ3v) is 3.60. The fraction of sp³-hybridized carbons (Fsp3) is 0.167. The lowest BCUT2D eigenvalue weighted by Crippen LogP contribution is -2.33. The Morgan fingerprint density at radius 3 is 2.67 bits per heavy atom. The van der Waals surface area contributed by atoms with Crippen molar-refractivity contribution in [3.63, 3.8) is 0 Å². The molecule has 21 heavy (non-hydrogen) atoms. The van der Waals surface area contributed by atoms with Crippen LogP contribution < -0.4 is 0 Å². The molecule has 2 heterocycles. The van der Waals surface area contributed by atoms with Gasteiger partial charge < -0.3 is 9.32 Å². The van der Waals surface area contributed by atoms with Crippen LogP contribution >= 0.6 is 0 Å². The van der Waals surface area contributed by atoms with Crippen molar-refractivity contribution >= 4 is 17.6 Å². The highest BCUT2D eigenvalue weighted by molar-refractivity contribution is 5.92. The number of benzene rings is 1. The van der Waals surface area contributed by atoms with Crippen LogP contribution in [0.25, 0.3) is 11.6 Å². The Balaban J connectivity index is 1.62. The highest BCUT2D eigenvalue weighted by Gasteiger charge is 2.15. The summed E-state index contributed by atoms with van der Waals surface area (Å²) < 4.78 is 5.18. The number of nitrogens with zero attached hydrogens (tertiary/aromatic N) is 1. The molecular formula is C18H17NO2. The molecule has 1 aliphatic rings. The van der Waals surface area contributed by atoms with E-state index in [1.54, 1.807) is 24.5 Å². The van der Waals surface area contributed by atoms with Crippen LogP contribution in [0, 0.1) is 0 Å². The standard InChI is InChI=1S/C18H17NO2/c20-18(9-8-17-7-4-14-21-17)19-12-10-16(11-13-19)15-5-2-1-3-6-15/h1-10,14H,11-13H2/b9-8+. The first-order chi connectivity index (χ1) is 10.3. The van der Waals surface area contributed by atoms with Crippen molar-refractivity contribution in [2.45, 2.75) is 6.42 Å². The van der Waals surface area contributed by atoms with Gasteiger partial charge in [-0.1, -0.05) is 36.4 Å². The van der Waals surface area contributed by atoms with Gasteiger partial charge in [-0.2, -0.15) is 0 Å². The molecule has 0 atom stereocenters. The average Bonchev–Trinajstić information content (AvgIpc) is 3.07. The Kier molecular flexibility index (Phi) is 4.01. The van der Waals surface area contributed by atoms with E-state index >= 15 is 0 Å². The molecule has 1 aromatic heterocycles. The molecular weight excluding hydrogens is 262 g/mol. The molecule has 0 spiro atoms. The summed E-state index contributed by atoms with van der Waals surface area (Å²) >= 11 is 0. The maximum absolute atomic E-state index is 12.1. The van der Waals surface area contributed by atoms with Gasteiger partial charge in [0.15, 0.2) is 0 Å². The predicted molar refractivity (Wildman–Crippen MR) is 83.4 cm³/mol. The van der Waals surface area contributed by atoms with E-state index in [-0.39, 0.29) is 5.91 Å². The molecule has 1 aliphatic heterocycles. The normalized spacial score (nSPS) is 15.2. The summed E-state index contributed by atoms with van der Waals surface area (Å²) in [5.74, 6) is 0.718. The summed E-state index contributed by atoms with van der Waals surface area (Å²) in [7, 11) is 0. The zero-order valence-electron chi connectivity index (χ0n) is 11.7. The van der Waals surface area contributed by atoms with Crippen molar-refractivity contribution in [1.82, 2.24) is 4.90 Å². The maximum atomic E-state index is 12.1. The second-order valence-electron chi connectivity index (χ2n) is 4.98. The number of amides is 1. The number of carbonyl (C=O) groups is 1. The highest BCUT2D eigenvalue weighted by Crippen LogP contribution is 2.22.